The molecular formula is C51H59NO6S. The van der Waals surface area contributed by atoms with Gasteiger partial charge < -0.3 is 19.8 Å². The van der Waals surface area contributed by atoms with Gasteiger partial charge in [-0.25, -0.2) is 0 Å². The number of allylic oxidation sites excluding steroid dienone is 4. The minimum atomic E-state index is -1.28. The summed E-state index contributed by atoms with van der Waals surface area (Å²) in [7, 11) is 0. The summed E-state index contributed by atoms with van der Waals surface area (Å²) >= 11 is 1.66. The Kier molecular flexibility index (Phi) is 8.55. The minimum absolute atomic E-state index is 0.0292. The molecule has 1 amide bonds. The Morgan fingerprint density at radius 1 is 0.814 bits per heavy atom. The van der Waals surface area contributed by atoms with E-state index in [2.05, 4.69) is 50.3 Å². The van der Waals surface area contributed by atoms with Crippen LogP contribution in [0, 0.1) is 44.3 Å². The van der Waals surface area contributed by atoms with E-state index in [4.69, 9.17) is 4.74 Å². The van der Waals surface area contributed by atoms with Crippen molar-refractivity contribution in [3.8, 4) is 11.1 Å². The second kappa shape index (κ2) is 12.8. The second-order valence-electron chi connectivity index (χ2n) is 20.8. The number of rotatable bonds is 9. The molecule has 1 aromatic heterocycles. The molecule has 4 bridgehead atoms. The van der Waals surface area contributed by atoms with E-state index in [1.54, 1.807) is 11.3 Å². The fourth-order valence-corrected chi connectivity index (χ4v) is 15.1. The van der Waals surface area contributed by atoms with Crippen LogP contribution in [-0.4, -0.2) is 63.2 Å². The van der Waals surface area contributed by atoms with Gasteiger partial charge in [-0.3, -0.25) is 14.4 Å². The molecule has 8 heteroatoms. The van der Waals surface area contributed by atoms with E-state index < -0.39 is 44.4 Å². The van der Waals surface area contributed by atoms with Crippen LogP contribution in [0.4, 0.5) is 0 Å². The summed E-state index contributed by atoms with van der Waals surface area (Å²) in [6, 6.07) is 22.3. The summed E-state index contributed by atoms with van der Waals surface area (Å²) in [5.41, 5.74) is -2.18. The number of amides is 1. The number of hydrogen-bond donors (Lipinski definition) is 2. The van der Waals surface area contributed by atoms with Crippen LogP contribution < -0.4 is 0 Å². The summed E-state index contributed by atoms with van der Waals surface area (Å²) in [5.74, 6) is -0.362. The van der Waals surface area contributed by atoms with E-state index in [0.29, 0.717) is 50.6 Å². The van der Waals surface area contributed by atoms with Gasteiger partial charge in [-0.05, 0) is 111 Å². The molecule has 0 radical (unpaired) electrons. The summed E-state index contributed by atoms with van der Waals surface area (Å²) in [6.07, 6.45) is 13.3. The van der Waals surface area contributed by atoms with Gasteiger partial charge in [-0.2, -0.15) is 0 Å². The number of nitrogens with zero attached hydrogens (tertiary/aromatic N) is 1. The largest absolute Gasteiger partial charge is 0.448 e. The van der Waals surface area contributed by atoms with Crippen molar-refractivity contribution in [1.82, 2.24) is 4.90 Å². The maximum absolute atomic E-state index is 15.3. The topological polar surface area (TPSA) is 104 Å². The van der Waals surface area contributed by atoms with Crippen molar-refractivity contribution in [1.29, 1.82) is 0 Å². The second-order valence-corrected chi connectivity index (χ2v) is 21.8. The lowest BCUT2D eigenvalue weighted by atomic mass is 9.32. The zero-order chi connectivity index (χ0) is 41.4. The average Bonchev–Trinajstić information content (AvgIpc) is 3.93. The van der Waals surface area contributed by atoms with Gasteiger partial charge in [0.15, 0.2) is 11.4 Å². The number of carbonyl (C=O) groups is 3. The van der Waals surface area contributed by atoms with Crippen LogP contribution in [-0.2, 0) is 20.7 Å². The van der Waals surface area contributed by atoms with Gasteiger partial charge in [0.2, 0.25) is 0 Å². The molecule has 7 aliphatic carbocycles. The van der Waals surface area contributed by atoms with E-state index in [-0.39, 0.29) is 41.5 Å². The molecule has 8 aliphatic rings. The van der Waals surface area contributed by atoms with Crippen molar-refractivity contribution < 1.29 is 29.3 Å². The quantitative estimate of drug-likeness (QED) is 0.127. The molecular weight excluding hydrogens is 755 g/mol. The number of ether oxygens (including phenoxy) is 1. The van der Waals surface area contributed by atoms with Crippen molar-refractivity contribution >= 4 is 29.0 Å². The standard InChI is InChI=1S/C51H59NO6S/c1-44(2)47(5)24-27-51(44,58-43(47)56)42(55)52(28-20-37-12-9-29-59-37)32-49(57)23-19-40-46(49,4)22-18-39-45(3)21-17-36(53)30-48(45)25-26-50(39,40)38(31-48)41(54)35-15-13-34(14-16-35)33-10-7-6-8-11-33/h6-16,25-26,29,31,36,39-40,53,57H,17-24,27-28,30,32H2,1-5H3/t36?,39-,40-,45-,46+,47+,48+,49-,50-,51-/m1/s1. The van der Waals surface area contributed by atoms with Crippen LogP contribution in [0.3, 0.4) is 0 Å². The average molecular weight is 814 g/mol. The fourth-order valence-electron chi connectivity index (χ4n) is 14.4. The number of ketones is 1. The first-order chi connectivity index (χ1) is 28.0. The van der Waals surface area contributed by atoms with Crippen molar-refractivity contribution in [2.75, 3.05) is 13.1 Å². The lowest BCUT2D eigenvalue weighted by Gasteiger charge is -2.71. The predicted molar refractivity (Wildman–Crippen MR) is 229 cm³/mol. The first-order valence-corrected chi connectivity index (χ1v) is 23.0. The Hall–Kier alpha value is -3.85. The molecule has 10 atom stereocenters. The number of hydrogen-bond acceptors (Lipinski definition) is 7. The number of carbonyl (C=O) groups excluding carboxylic acids is 3. The molecule has 1 saturated heterocycles. The Bertz CT molecular complexity index is 2280. The van der Waals surface area contributed by atoms with Crippen molar-refractivity contribution in [3.05, 3.63) is 106 Å². The van der Waals surface area contributed by atoms with Gasteiger partial charge in [-0.1, -0.05) is 107 Å². The normalized spacial score (nSPS) is 40.8. The minimum Gasteiger partial charge on any atom is -0.448 e. The van der Waals surface area contributed by atoms with Crippen LogP contribution in [0.15, 0.2) is 95.9 Å². The van der Waals surface area contributed by atoms with Crippen LogP contribution in [0.5, 0.6) is 0 Å². The maximum atomic E-state index is 15.3. The van der Waals surface area contributed by atoms with Gasteiger partial charge in [0.05, 0.1) is 23.7 Å². The van der Waals surface area contributed by atoms with Crippen molar-refractivity contribution in [3.63, 3.8) is 0 Å². The lowest BCUT2D eigenvalue weighted by molar-refractivity contribution is -0.187. The Labute approximate surface area is 352 Å². The third-order valence-electron chi connectivity index (χ3n) is 18.6. The highest BCUT2D eigenvalue weighted by Gasteiger charge is 2.78. The van der Waals surface area contributed by atoms with Crippen LogP contribution in [0.2, 0.25) is 0 Å². The van der Waals surface area contributed by atoms with E-state index in [0.717, 1.165) is 47.3 Å². The monoisotopic (exact) mass is 813 g/mol. The smallest absolute Gasteiger partial charge is 0.313 e. The highest BCUT2D eigenvalue weighted by atomic mass is 32.1. The molecule has 2 N–H and O–H groups in total. The van der Waals surface area contributed by atoms with Crippen LogP contribution in [0.25, 0.3) is 11.1 Å². The molecule has 3 aromatic rings. The maximum Gasteiger partial charge on any atom is 0.313 e. The number of aliphatic hydroxyl groups excluding tert-OH is 1. The molecule has 4 saturated carbocycles. The van der Waals surface area contributed by atoms with Crippen LogP contribution >= 0.6 is 11.3 Å². The van der Waals surface area contributed by atoms with E-state index in [1.807, 2.05) is 79.6 Å². The zero-order valence-electron chi connectivity index (χ0n) is 35.3. The van der Waals surface area contributed by atoms with Crippen LogP contribution in [0.1, 0.15) is 108 Å². The highest BCUT2D eigenvalue weighted by Crippen LogP contribution is 2.78. The van der Waals surface area contributed by atoms with E-state index in [1.165, 1.54) is 0 Å². The number of fused-ring (bicyclic) bond motifs is 3. The number of aliphatic hydroxyl groups is 2. The Balaban J connectivity index is 1.04. The molecule has 7 nitrogen and oxygen atoms in total. The molecule has 310 valence electrons. The predicted octanol–water partition coefficient (Wildman–Crippen LogP) is 9.38. The van der Waals surface area contributed by atoms with Crippen molar-refractivity contribution in [2.45, 2.75) is 116 Å². The summed E-state index contributed by atoms with van der Waals surface area (Å²) in [4.78, 5) is 46.9. The molecule has 11 rings (SSSR count). The highest BCUT2D eigenvalue weighted by molar-refractivity contribution is 7.09. The molecule has 59 heavy (non-hydrogen) atoms. The SMILES string of the molecule is CC1(C)[C@@]2(C)CC[C@]1(C(=O)N(CCc1cccs1)C[C@]1(O)CC[C@H]3[C@]45C=C[C@@]6(C=C4C(=O)c4ccc(-c7ccccc7)cc4)CC(O)CC[C@]6(C)[C@H]5CC[C@@]31C)OC2=O. The lowest BCUT2D eigenvalue weighted by Crippen LogP contribution is -2.68. The molecule has 2 aromatic carbocycles. The Morgan fingerprint density at radius 3 is 2.19 bits per heavy atom. The fraction of sp³-hybridized carbons (Fsp3) is 0.549. The number of esters is 1. The molecule has 5 fully saturated rings. The van der Waals surface area contributed by atoms with Gasteiger partial charge in [0.25, 0.3) is 5.91 Å². The zero-order valence-corrected chi connectivity index (χ0v) is 36.1. The van der Waals surface area contributed by atoms with Gasteiger partial charge in [0, 0.05) is 44.2 Å². The first kappa shape index (κ1) is 39.3. The molecule has 2 heterocycles. The summed E-state index contributed by atoms with van der Waals surface area (Å²) in [5, 5.41) is 26.7. The molecule has 1 unspecified atom stereocenters. The summed E-state index contributed by atoms with van der Waals surface area (Å²) in [6.45, 7) is 11.1. The van der Waals surface area contributed by atoms with Gasteiger partial charge >= 0.3 is 5.97 Å². The molecule has 1 aliphatic heterocycles. The summed E-state index contributed by atoms with van der Waals surface area (Å²) < 4.78 is 6.19. The van der Waals surface area contributed by atoms with Gasteiger partial charge in [0.1, 0.15) is 0 Å². The van der Waals surface area contributed by atoms with Gasteiger partial charge in [-0.15, -0.1) is 11.3 Å². The number of thiophene rings is 1. The first-order valence-electron chi connectivity index (χ1n) is 22.1. The van der Waals surface area contributed by atoms with E-state index in [9.17, 15) is 15.0 Å². The third kappa shape index (κ3) is 4.97. The number of Topliss-reactive ketones (excluding diaryl/α,β-unsaturated/α-hetero) is 1. The number of benzene rings is 2. The van der Waals surface area contributed by atoms with E-state index >= 15 is 9.59 Å². The molecule has 2 spiro atoms. The Morgan fingerprint density at radius 2 is 1.51 bits per heavy atom. The third-order valence-corrected chi connectivity index (χ3v) is 19.5. The van der Waals surface area contributed by atoms with Crippen molar-refractivity contribution in [2.24, 2.45) is 44.3 Å².